The quantitative estimate of drug-likeness (QED) is 0.248. The van der Waals surface area contributed by atoms with Crippen LogP contribution in [0.25, 0.3) is 12.2 Å². The van der Waals surface area contributed by atoms with Crippen LogP contribution in [-0.2, 0) is 14.4 Å². The third-order valence-corrected chi connectivity index (χ3v) is 4.33. The molecule has 0 heterocycles. The molecular formula is C26H30O9. The van der Waals surface area contributed by atoms with Crippen molar-refractivity contribution >= 4 is 30.1 Å². The van der Waals surface area contributed by atoms with E-state index in [9.17, 15) is 29.7 Å². The molecule has 0 aromatic heterocycles. The normalized spacial score (nSPS) is 13.7. The molecule has 0 unspecified atom stereocenters. The van der Waals surface area contributed by atoms with Gasteiger partial charge in [0.2, 0.25) is 0 Å². The maximum absolute atomic E-state index is 12.0. The van der Waals surface area contributed by atoms with E-state index < -0.39 is 36.2 Å². The highest BCUT2D eigenvalue weighted by Gasteiger charge is 2.13. The van der Waals surface area contributed by atoms with Crippen molar-refractivity contribution in [1.82, 2.24) is 0 Å². The van der Waals surface area contributed by atoms with Crippen molar-refractivity contribution in [3.05, 3.63) is 53.6 Å². The summed E-state index contributed by atoms with van der Waals surface area (Å²) in [5, 5.41) is 28.0. The predicted molar refractivity (Wildman–Crippen MR) is 128 cm³/mol. The fourth-order valence-electron chi connectivity index (χ4n) is 2.89. The Bertz CT molecular complexity index is 995. The van der Waals surface area contributed by atoms with Gasteiger partial charge >= 0.3 is 17.9 Å². The number of aliphatic hydroxyl groups excluding tert-OH is 3. The summed E-state index contributed by atoms with van der Waals surface area (Å²) >= 11 is 0. The van der Waals surface area contributed by atoms with E-state index in [1.54, 1.807) is 48.6 Å². The summed E-state index contributed by atoms with van der Waals surface area (Å²) in [5.74, 6) is -1.25. The van der Waals surface area contributed by atoms with Crippen LogP contribution in [0.1, 0.15) is 51.2 Å². The van der Waals surface area contributed by atoms with Gasteiger partial charge in [-0.25, -0.2) is 0 Å². The molecule has 0 saturated carbocycles. The minimum absolute atomic E-state index is 0.107. The molecule has 0 radical (unpaired) electrons. The number of aliphatic hydroxyl groups is 3. The molecule has 9 nitrogen and oxygen atoms in total. The first-order chi connectivity index (χ1) is 16.5. The molecule has 2 rings (SSSR count). The number of benzene rings is 2. The molecule has 188 valence electrons. The van der Waals surface area contributed by atoms with Crippen molar-refractivity contribution < 1.29 is 43.9 Å². The monoisotopic (exact) mass is 486 g/mol. The summed E-state index contributed by atoms with van der Waals surface area (Å²) in [6.07, 6.45) is 0.404. The Morgan fingerprint density at radius 1 is 0.629 bits per heavy atom. The molecular weight excluding hydrogens is 456 g/mol. The highest BCUT2D eigenvalue weighted by atomic mass is 16.5. The van der Waals surface area contributed by atoms with Crippen LogP contribution in [0, 0.1) is 0 Å². The van der Waals surface area contributed by atoms with Crippen molar-refractivity contribution in [2.75, 3.05) is 0 Å². The number of hydrogen-bond acceptors (Lipinski definition) is 9. The zero-order valence-electron chi connectivity index (χ0n) is 19.8. The van der Waals surface area contributed by atoms with Gasteiger partial charge in [-0.3, -0.25) is 14.4 Å². The van der Waals surface area contributed by atoms with Crippen molar-refractivity contribution in [3.8, 4) is 17.2 Å². The van der Waals surface area contributed by atoms with Gasteiger partial charge in [0.15, 0.2) is 0 Å². The van der Waals surface area contributed by atoms with Crippen LogP contribution in [0.2, 0.25) is 0 Å². The molecule has 3 atom stereocenters. The molecule has 2 aromatic carbocycles. The van der Waals surface area contributed by atoms with Crippen LogP contribution in [0.4, 0.5) is 0 Å². The molecule has 0 saturated heterocycles. The fraction of sp³-hybridized carbons (Fsp3) is 0.346. The standard InChI is InChI=1S/C26H30O9/c1-16(27)10-24(30)33-21-8-6-19(7-9-21)4-5-20-13-22(34-25(31)11-17(2)28)15-23(14-20)35-26(32)12-18(3)29/h4-9,13-18,27-29H,10-12H2,1-3H3/b5-4+/t16-,17-,18-/m1/s1. The Labute approximate surface area is 203 Å². The van der Waals surface area contributed by atoms with Gasteiger partial charge in [0.05, 0.1) is 37.6 Å². The second-order valence-electron chi connectivity index (χ2n) is 8.22. The van der Waals surface area contributed by atoms with Crippen LogP contribution in [0.5, 0.6) is 17.2 Å². The van der Waals surface area contributed by atoms with Gasteiger partial charge in [-0.2, -0.15) is 0 Å². The molecule has 35 heavy (non-hydrogen) atoms. The van der Waals surface area contributed by atoms with E-state index in [2.05, 4.69) is 0 Å². The molecule has 0 fully saturated rings. The smallest absolute Gasteiger partial charge is 0.313 e. The largest absolute Gasteiger partial charge is 0.426 e. The minimum Gasteiger partial charge on any atom is -0.426 e. The van der Waals surface area contributed by atoms with Gasteiger partial charge in [-0.1, -0.05) is 24.3 Å². The van der Waals surface area contributed by atoms with Crippen molar-refractivity contribution in [2.45, 2.75) is 58.3 Å². The maximum Gasteiger partial charge on any atom is 0.313 e. The van der Waals surface area contributed by atoms with Crippen LogP contribution in [-0.4, -0.2) is 51.5 Å². The average Bonchev–Trinajstić information content (AvgIpc) is 2.71. The second kappa shape index (κ2) is 13.4. The Morgan fingerprint density at radius 3 is 1.40 bits per heavy atom. The lowest BCUT2D eigenvalue weighted by atomic mass is 10.1. The highest BCUT2D eigenvalue weighted by molar-refractivity contribution is 5.77. The zero-order valence-corrected chi connectivity index (χ0v) is 19.8. The van der Waals surface area contributed by atoms with Crippen molar-refractivity contribution in [1.29, 1.82) is 0 Å². The summed E-state index contributed by atoms with van der Waals surface area (Å²) < 4.78 is 15.7. The zero-order chi connectivity index (χ0) is 26.0. The number of carbonyl (C=O) groups excluding carboxylic acids is 3. The summed E-state index contributed by atoms with van der Waals surface area (Å²) in [4.78, 5) is 35.6. The van der Waals surface area contributed by atoms with E-state index in [-0.39, 0.29) is 30.8 Å². The van der Waals surface area contributed by atoms with Gasteiger partial charge < -0.3 is 29.5 Å². The van der Waals surface area contributed by atoms with Crippen LogP contribution < -0.4 is 14.2 Å². The molecule has 3 N–H and O–H groups in total. The number of ether oxygens (including phenoxy) is 3. The Balaban J connectivity index is 2.19. The van der Waals surface area contributed by atoms with Gasteiger partial charge in [-0.15, -0.1) is 0 Å². The molecule has 0 amide bonds. The molecule has 0 aliphatic carbocycles. The molecule has 2 aromatic rings. The molecule has 0 aliphatic heterocycles. The van der Waals surface area contributed by atoms with Crippen LogP contribution >= 0.6 is 0 Å². The predicted octanol–water partition coefficient (Wildman–Crippen LogP) is 2.89. The molecule has 9 heteroatoms. The SMILES string of the molecule is C[C@@H](O)CC(=O)Oc1ccc(/C=C/c2cc(OC(=O)C[C@@H](C)O)cc(OC(=O)C[C@@H](C)O)c2)cc1. The van der Waals surface area contributed by atoms with Gasteiger partial charge in [0.1, 0.15) is 17.2 Å². The average molecular weight is 487 g/mol. The van der Waals surface area contributed by atoms with E-state index in [4.69, 9.17) is 14.2 Å². The Kier molecular flexibility index (Phi) is 10.6. The van der Waals surface area contributed by atoms with E-state index >= 15 is 0 Å². The van der Waals surface area contributed by atoms with E-state index in [1.807, 2.05) is 0 Å². The first-order valence-electron chi connectivity index (χ1n) is 11.1. The first-order valence-corrected chi connectivity index (χ1v) is 11.1. The summed E-state index contributed by atoms with van der Waals surface area (Å²) in [6, 6.07) is 11.2. The number of hydrogen-bond donors (Lipinski definition) is 3. The lowest BCUT2D eigenvalue weighted by Gasteiger charge is -2.11. The third kappa shape index (κ3) is 11.0. The van der Waals surface area contributed by atoms with Crippen LogP contribution in [0.3, 0.4) is 0 Å². The molecule has 0 spiro atoms. The third-order valence-electron chi connectivity index (χ3n) is 4.33. The van der Waals surface area contributed by atoms with E-state index in [0.29, 0.717) is 11.3 Å². The van der Waals surface area contributed by atoms with Gasteiger partial charge in [0.25, 0.3) is 0 Å². The summed E-state index contributed by atoms with van der Waals surface area (Å²) in [6.45, 7) is 4.42. The Hall–Kier alpha value is -3.53. The van der Waals surface area contributed by atoms with Crippen molar-refractivity contribution in [3.63, 3.8) is 0 Å². The lowest BCUT2D eigenvalue weighted by Crippen LogP contribution is -2.16. The molecule has 0 bridgehead atoms. The lowest BCUT2D eigenvalue weighted by molar-refractivity contribution is -0.137. The number of esters is 3. The van der Waals surface area contributed by atoms with Crippen LogP contribution in [0.15, 0.2) is 42.5 Å². The highest BCUT2D eigenvalue weighted by Crippen LogP contribution is 2.26. The number of carbonyl (C=O) groups is 3. The Morgan fingerprint density at radius 2 is 1.00 bits per heavy atom. The topological polar surface area (TPSA) is 140 Å². The number of rotatable bonds is 11. The van der Waals surface area contributed by atoms with Gasteiger partial charge in [-0.05, 0) is 56.2 Å². The maximum atomic E-state index is 12.0. The van der Waals surface area contributed by atoms with Crippen molar-refractivity contribution in [2.24, 2.45) is 0 Å². The van der Waals surface area contributed by atoms with Gasteiger partial charge in [0, 0.05) is 6.07 Å². The fourth-order valence-corrected chi connectivity index (χ4v) is 2.89. The second-order valence-corrected chi connectivity index (χ2v) is 8.22. The minimum atomic E-state index is -0.872. The van der Waals surface area contributed by atoms with E-state index in [0.717, 1.165) is 5.56 Å². The summed E-state index contributed by atoms with van der Waals surface area (Å²) in [5.41, 5.74) is 1.32. The molecule has 0 aliphatic rings. The van der Waals surface area contributed by atoms with E-state index in [1.165, 1.54) is 26.8 Å². The summed E-state index contributed by atoms with van der Waals surface area (Å²) in [7, 11) is 0. The first kappa shape index (κ1) is 27.7.